The number of hydrogen-bond acceptors (Lipinski definition) is 3. The number of para-hydroxylation sites is 1. The zero-order chi connectivity index (χ0) is 16.2. The summed E-state index contributed by atoms with van der Waals surface area (Å²) in [5.74, 6) is -0.130. The first-order valence-corrected chi connectivity index (χ1v) is 7.69. The van der Waals surface area contributed by atoms with E-state index >= 15 is 0 Å². The largest absolute Gasteiger partial charge is 0.459 e. The predicted molar refractivity (Wildman–Crippen MR) is 88.8 cm³/mol. The lowest BCUT2D eigenvalue weighted by molar-refractivity contribution is 0.0661. The van der Waals surface area contributed by atoms with E-state index in [-0.39, 0.29) is 11.7 Å². The van der Waals surface area contributed by atoms with Crippen molar-refractivity contribution in [2.45, 2.75) is 0 Å². The van der Waals surface area contributed by atoms with Gasteiger partial charge in [-0.2, -0.15) is 0 Å². The van der Waals surface area contributed by atoms with Crippen LogP contribution in [0.5, 0.6) is 0 Å². The highest BCUT2D eigenvalue weighted by Crippen LogP contribution is 2.15. The Morgan fingerprint density at radius 3 is 2.43 bits per heavy atom. The number of hydrogen-bond donors (Lipinski definition) is 1. The minimum absolute atomic E-state index is 0.123. The molecule has 7 heteroatoms. The van der Waals surface area contributed by atoms with Gasteiger partial charge >= 0.3 is 0 Å². The van der Waals surface area contributed by atoms with Gasteiger partial charge in [0.2, 0.25) is 0 Å². The molecule has 0 bridgehead atoms. The van der Waals surface area contributed by atoms with Gasteiger partial charge in [0.25, 0.3) is 5.91 Å². The van der Waals surface area contributed by atoms with Crippen LogP contribution < -0.4 is 5.32 Å². The average Bonchev–Trinajstić information content (AvgIpc) is 3.11. The highest BCUT2D eigenvalue weighted by Gasteiger charge is 2.24. The molecule has 23 heavy (non-hydrogen) atoms. The minimum atomic E-state index is -0.346. The Morgan fingerprint density at radius 2 is 1.78 bits per heavy atom. The Kier molecular flexibility index (Phi) is 4.57. The van der Waals surface area contributed by atoms with E-state index in [1.807, 2.05) is 4.90 Å². The maximum absolute atomic E-state index is 13.6. The lowest BCUT2D eigenvalue weighted by atomic mass is 10.3. The Morgan fingerprint density at radius 1 is 1.09 bits per heavy atom. The van der Waals surface area contributed by atoms with Gasteiger partial charge in [-0.25, -0.2) is 4.39 Å². The van der Waals surface area contributed by atoms with Crippen LogP contribution in [0.1, 0.15) is 10.6 Å². The van der Waals surface area contributed by atoms with Gasteiger partial charge in [-0.15, -0.1) is 0 Å². The van der Waals surface area contributed by atoms with Crippen LogP contribution in [-0.4, -0.2) is 47.0 Å². The molecule has 5 nitrogen and oxygen atoms in total. The first-order valence-electron chi connectivity index (χ1n) is 7.28. The second kappa shape index (κ2) is 6.78. The standard InChI is InChI=1S/C16H16FN3O2S/c17-12-4-1-2-5-13(12)18-16(23)20-9-7-19(8-10-20)15(21)14-6-3-11-22-14/h1-6,11H,7-10H2,(H,18,23). The second-order valence-corrected chi connectivity index (χ2v) is 5.55. The maximum Gasteiger partial charge on any atom is 0.289 e. The number of nitrogens with zero attached hydrogens (tertiary/aromatic N) is 2. The molecule has 1 fully saturated rings. The fourth-order valence-corrected chi connectivity index (χ4v) is 2.72. The molecule has 0 radical (unpaired) electrons. The molecular weight excluding hydrogens is 317 g/mol. The van der Waals surface area contributed by atoms with Crippen LogP contribution in [0.25, 0.3) is 0 Å². The fraction of sp³-hybridized carbons (Fsp3) is 0.250. The summed E-state index contributed by atoms with van der Waals surface area (Å²) >= 11 is 5.33. The van der Waals surface area contributed by atoms with E-state index in [4.69, 9.17) is 16.6 Å². The molecule has 1 saturated heterocycles. The molecule has 2 heterocycles. The normalized spacial score (nSPS) is 14.7. The molecule has 120 valence electrons. The van der Waals surface area contributed by atoms with Crippen LogP contribution in [0.4, 0.5) is 10.1 Å². The summed E-state index contributed by atoms with van der Waals surface area (Å²) in [5.41, 5.74) is 0.353. The first-order chi connectivity index (χ1) is 11.1. The number of nitrogens with one attached hydrogen (secondary N) is 1. The van der Waals surface area contributed by atoms with Crippen molar-refractivity contribution in [1.29, 1.82) is 0 Å². The summed E-state index contributed by atoms with van der Waals surface area (Å²) in [5, 5.41) is 3.37. The van der Waals surface area contributed by atoms with E-state index in [0.29, 0.717) is 42.7 Å². The molecule has 0 aliphatic carbocycles. The minimum Gasteiger partial charge on any atom is -0.459 e. The number of halogens is 1. The number of benzene rings is 1. The van der Waals surface area contributed by atoms with E-state index < -0.39 is 0 Å². The van der Waals surface area contributed by atoms with E-state index in [1.54, 1.807) is 35.2 Å². The van der Waals surface area contributed by atoms with Gasteiger partial charge < -0.3 is 19.5 Å². The smallest absolute Gasteiger partial charge is 0.289 e. The lowest BCUT2D eigenvalue weighted by Crippen LogP contribution is -2.51. The quantitative estimate of drug-likeness (QED) is 0.856. The second-order valence-electron chi connectivity index (χ2n) is 5.17. The number of carbonyl (C=O) groups is 1. The van der Waals surface area contributed by atoms with Crippen LogP contribution >= 0.6 is 12.2 Å². The highest BCUT2D eigenvalue weighted by atomic mass is 32.1. The molecule has 0 spiro atoms. The van der Waals surface area contributed by atoms with Crippen LogP contribution in [0.15, 0.2) is 47.1 Å². The Labute approximate surface area is 138 Å². The average molecular weight is 333 g/mol. The molecule has 0 saturated carbocycles. The maximum atomic E-state index is 13.6. The fourth-order valence-electron chi connectivity index (χ4n) is 2.43. The monoisotopic (exact) mass is 333 g/mol. The van der Waals surface area contributed by atoms with Gasteiger partial charge in [0.05, 0.1) is 12.0 Å². The molecule has 1 aliphatic heterocycles. The number of carbonyl (C=O) groups excluding carboxylic acids is 1. The third-order valence-corrected chi connectivity index (χ3v) is 4.06. The summed E-state index contributed by atoms with van der Waals surface area (Å²) in [4.78, 5) is 15.8. The SMILES string of the molecule is O=C(c1ccco1)N1CCN(C(=S)Nc2ccccc2F)CC1. The number of piperazine rings is 1. The van der Waals surface area contributed by atoms with Crippen molar-refractivity contribution in [2.75, 3.05) is 31.5 Å². The predicted octanol–water partition coefficient (Wildman–Crippen LogP) is 2.57. The van der Waals surface area contributed by atoms with E-state index in [9.17, 15) is 9.18 Å². The van der Waals surface area contributed by atoms with Crippen LogP contribution in [0.2, 0.25) is 0 Å². The lowest BCUT2D eigenvalue weighted by Gasteiger charge is -2.35. The third-order valence-electron chi connectivity index (χ3n) is 3.70. The first kappa shape index (κ1) is 15.5. The molecule has 0 atom stereocenters. The molecule has 1 aromatic heterocycles. The number of rotatable bonds is 2. The van der Waals surface area contributed by atoms with E-state index in [2.05, 4.69) is 5.32 Å². The Balaban J connectivity index is 1.55. The molecule has 0 unspecified atom stereocenters. The zero-order valence-electron chi connectivity index (χ0n) is 12.4. The third kappa shape index (κ3) is 3.50. The van der Waals surface area contributed by atoms with Gasteiger partial charge in [-0.05, 0) is 36.5 Å². The van der Waals surface area contributed by atoms with Gasteiger partial charge in [-0.1, -0.05) is 12.1 Å². The number of thiocarbonyl (C=S) groups is 1. The van der Waals surface area contributed by atoms with Crippen LogP contribution in [-0.2, 0) is 0 Å². The summed E-state index contributed by atoms with van der Waals surface area (Å²) in [6, 6.07) is 9.73. The number of furan rings is 1. The van der Waals surface area contributed by atoms with Gasteiger partial charge in [0.15, 0.2) is 10.9 Å². The molecular formula is C16H16FN3O2S. The molecule has 1 amide bonds. The van der Waals surface area contributed by atoms with Gasteiger partial charge in [0, 0.05) is 26.2 Å². The van der Waals surface area contributed by atoms with Crippen molar-refractivity contribution in [2.24, 2.45) is 0 Å². The van der Waals surface area contributed by atoms with Crippen molar-refractivity contribution in [3.8, 4) is 0 Å². The summed E-state index contributed by atoms with van der Waals surface area (Å²) in [6.45, 7) is 2.26. The molecule has 2 aromatic rings. The Bertz CT molecular complexity index is 697. The number of amides is 1. The van der Waals surface area contributed by atoms with E-state index in [1.165, 1.54) is 12.3 Å². The number of anilines is 1. The van der Waals surface area contributed by atoms with Gasteiger partial charge in [-0.3, -0.25) is 4.79 Å². The highest BCUT2D eigenvalue weighted by molar-refractivity contribution is 7.80. The summed E-state index contributed by atoms with van der Waals surface area (Å²) in [7, 11) is 0. The summed E-state index contributed by atoms with van der Waals surface area (Å²) in [6.07, 6.45) is 1.48. The Hall–Kier alpha value is -2.41. The topological polar surface area (TPSA) is 48.7 Å². The van der Waals surface area contributed by atoms with Crippen LogP contribution in [0, 0.1) is 5.82 Å². The van der Waals surface area contributed by atoms with Crippen molar-refractivity contribution in [3.63, 3.8) is 0 Å². The summed E-state index contributed by atoms with van der Waals surface area (Å²) < 4.78 is 18.8. The van der Waals surface area contributed by atoms with Crippen LogP contribution in [0.3, 0.4) is 0 Å². The molecule has 1 aliphatic rings. The van der Waals surface area contributed by atoms with Crippen molar-refractivity contribution >= 4 is 28.9 Å². The van der Waals surface area contributed by atoms with E-state index in [0.717, 1.165) is 0 Å². The zero-order valence-corrected chi connectivity index (χ0v) is 13.2. The van der Waals surface area contributed by atoms with Crippen molar-refractivity contribution in [1.82, 2.24) is 9.80 Å². The molecule has 1 N–H and O–H groups in total. The van der Waals surface area contributed by atoms with Crippen molar-refractivity contribution in [3.05, 3.63) is 54.2 Å². The molecule has 3 rings (SSSR count). The van der Waals surface area contributed by atoms with Crippen molar-refractivity contribution < 1.29 is 13.6 Å². The van der Waals surface area contributed by atoms with Gasteiger partial charge in [0.1, 0.15) is 5.82 Å². The molecule has 1 aromatic carbocycles.